The number of amides is 2. The van der Waals surface area contributed by atoms with E-state index in [2.05, 4.69) is 30.7 Å². The highest BCUT2D eigenvalue weighted by Crippen LogP contribution is 1.99. The van der Waals surface area contributed by atoms with Crippen LogP contribution in [-0.2, 0) is 0 Å². The highest BCUT2D eigenvalue weighted by Gasteiger charge is 2.07. The molecule has 0 spiro atoms. The molecule has 0 atom stereocenters. The fourth-order valence-electron chi connectivity index (χ4n) is 1.78. The second-order valence-corrected chi connectivity index (χ2v) is 4.67. The van der Waals surface area contributed by atoms with Crippen LogP contribution >= 0.6 is 0 Å². The van der Waals surface area contributed by atoms with Crippen molar-refractivity contribution in [2.45, 2.75) is 6.42 Å². The maximum Gasteiger partial charge on any atom is 0.271 e. The van der Waals surface area contributed by atoms with Gasteiger partial charge in [-0.25, -0.2) is 4.98 Å². The van der Waals surface area contributed by atoms with Gasteiger partial charge in [-0.1, -0.05) is 5.16 Å². The lowest BCUT2D eigenvalue weighted by Crippen LogP contribution is -2.30. The Hall–Kier alpha value is -3.36. The fourth-order valence-corrected chi connectivity index (χ4v) is 1.78. The van der Waals surface area contributed by atoms with Gasteiger partial charge in [0.1, 0.15) is 5.69 Å². The van der Waals surface area contributed by atoms with Gasteiger partial charge in [0.2, 0.25) is 0 Å². The van der Waals surface area contributed by atoms with Crippen molar-refractivity contribution in [1.82, 2.24) is 25.6 Å². The molecule has 0 bridgehead atoms. The van der Waals surface area contributed by atoms with Gasteiger partial charge in [0, 0.05) is 31.7 Å². The fraction of sp³-hybridized carbons (Fsp3) is 0.200. The smallest absolute Gasteiger partial charge is 0.271 e. The first kappa shape index (κ1) is 17.0. The summed E-state index contributed by atoms with van der Waals surface area (Å²) in [6, 6.07) is 3.14. The largest absolute Gasteiger partial charge is 0.411 e. The molecule has 2 aromatic heterocycles. The number of aromatic nitrogens is 3. The predicted molar refractivity (Wildman–Crippen MR) is 84.9 cm³/mol. The molecule has 0 saturated carbocycles. The maximum absolute atomic E-state index is 11.9. The van der Waals surface area contributed by atoms with Gasteiger partial charge < -0.3 is 15.8 Å². The molecule has 2 rings (SSSR count). The molecule has 0 unspecified atom stereocenters. The highest BCUT2D eigenvalue weighted by atomic mass is 16.4. The van der Waals surface area contributed by atoms with E-state index in [1.807, 2.05) is 0 Å². The first-order valence-electron chi connectivity index (χ1n) is 7.16. The van der Waals surface area contributed by atoms with Gasteiger partial charge in [0.05, 0.1) is 23.7 Å². The lowest BCUT2D eigenvalue weighted by Gasteiger charge is -2.06. The van der Waals surface area contributed by atoms with Crippen LogP contribution in [0.3, 0.4) is 0 Å². The molecule has 124 valence electrons. The molecule has 0 aliphatic heterocycles. The molecule has 0 saturated heterocycles. The van der Waals surface area contributed by atoms with E-state index in [1.54, 1.807) is 12.1 Å². The molecule has 0 aromatic carbocycles. The summed E-state index contributed by atoms with van der Waals surface area (Å²) in [6.45, 7) is 0.805. The lowest BCUT2D eigenvalue weighted by molar-refractivity contribution is 0.0947. The predicted octanol–water partition coefficient (Wildman–Crippen LogP) is 0.230. The van der Waals surface area contributed by atoms with Gasteiger partial charge in [0.25, 0.3) is 11.8 Å². The third-order valence-corrected chi connectivity index (χ3v) is 2.96. The van der Waals surface area contributed by atoms with Crippen molar-refractivity contribution in [3.05, 3.63) is 53.9 Å². The zero-order chi connectivity index (χ0) is 17.2. The molecule has 0 radical (unpaired) electrons. The molecule has 3 N–H and O–H groups in total. The van der Waals surface area contributed by atoms with E-state index in [9.17, 15) is 9.59 Å². The molecule has 2 amide bonds. The Morgan fingerprint density at radius 1 is 1.08 bits per heavy atom. The average molecular weight is 328 g/mol. The van der Waals surface area contributed by atoms with Crippen molar-refractivity contribution in [3.63, 3.8) is 0 Å². The van der Waals surface area contributed by atoms with Crippen molar-refractivity contribution < 1.29 is 14.8 Å². The van der Waals surface area contributed by atoms with E-state index < -0.39 is 0 Å². The summed E-state index contributed by atoms with van der Waals surface area (Å²) in [5.74, 6) is -0.574. The van der Waals surface area contributed by atoms with Crippen molar-refractivity contribution in [2.24, 2.45) is 5.16 Å². The van der Waals surface area contributed by atoms with Gasteiger partial charge >= 0.3 is 0 Å². The molecule has 2 heterocycles. The monoisotopic (exact) mass is 328 g/mol. The van der Waals surface area contributed by atoms with Gasteiger partial charge in [-0.2, -0.15) is 0 Å². The molecular weight excluding hydrogens is 312 g/mol. The van der Waals surface area contributed by atoms with Crippen molar-refractivity contribution in [2.75, 3.05) is 13.1 Å². The molecular formula is C15H16N6O3. The lowest BCUT2D eigenvalue weighted by atomic mass is 10.2. The van der Waals surface area contributed by atoms with E-state index >= 15 is 0 Å². The summed E-state index contributed by atoms with van der Waals surface area (Å²) in [7, 11) is 0. The number of pyridine rings is 1. The zero-order valence-corrected chi connectivity index (χ0v) is 12.7. The van der Waals surface area contributed by atoms with E-state index in [1.165, 1.54) is 31.0 Å². The quantitative estimate of drug-likeness (QED) is 0.289. The van der Waals surface area contributed by atoms with Crippen LogP contribution in [0, 0.1) is 0 Å². The Kier molecular flexibility index (Phi) is 6.33. The van der Waals surface area contributed by atoms with Crippen LogP contribution in [0.5, 0.6) is 0 Å². The number of hydrogen-bond donors (Lipinski definition) is 3. The Balaban J connectivity index is 1.68. The van der Waals surface area contributed by atoms with E-state index in [0.29, 0.717) is 30.8 Å². The molecule has 24 heavy (non-hydrogen) atoms. The summed E-state index contributed by atoms with van der Waals surface area (Å²) < 4.78 is 0. The topological polar surface area (TPSA) is 129 Å². The minimum absolute atomic E-state index is 0.249. The molecule has 9 heteroatoms. The minimum atomic E-state index is -0.306. The van der Waals surface area contributed by atoms with Crippen LogP contribution in [0.25, 0.3) is 0 Å². The highest BCUT2D eigenvalue weighted by molar-refractivity contribution is 5.94. The summed E-state index contributed by atoms with van der Waals surface area (Å²) in [4.78, 5) is 35.3. The van der Waals surface area contributed by atoms with Gasteiger partial charge in [-0.3, -0.25) is 19.6 Å². The van der Waals surface area contributed by atoms with Crippen LogP contribution < -0.4 is 10.6 Å². The third-order valence-electron chi connectivity index (χ3n) is 2.96. The summed E-state index contributed by atoms with van der Waals surface area (Å²) in [6.07, 6.45) is 7.45. The summed E-state index contributed by atoms with van der Waals surface area (Å²) >= 11 is 0. The number of carbonyl (C=O) groups is 2. The van der Waals surface area contributed by atoms with E-state index in [0.717, 1.165) is 0 Å². The van der Waals surface area contributed by atoms with Crippen LogP contribution in [0.2, 0.25) is 0 Å². The van der Waals surface area contributed by atoms with Crippen LogP contribution in [0.4, 0.5) is 0 Å². The minimum Gasteiger partial charge on any atom is -0.411 e. The Morgan fingerprint density at radius 3 is 2.50 bits per heavy atom. The molecule has 0 aliphatic carbocycles. The number of hydrogen-bond acceptors (Lipinski definition) is 7. The normalized spacial score (nSPS) is 10.5. The van der Waals surface area contributed by atoms with Gasteiger partial charge in [0.15, 0.2) is 0 Å². The van der Waals surface area contributed by atoms with Crippen molar-refractivity contribution >= 4 is 18.0 Å². The van der Waals surface area contributed by atoms with Crippen LogP contribution in [0.1, 0.15) is 33.0 Å². The summed E-state index contributed by atoms with van der Waals surface area (Å²) in [5.41, 5.74) is 1.09. The van der Waals surface area contributed by atoms with Crippen molar-refractivity contribution in [1.29, 1.82) is 0 Å². The van der Waals surface area contributed by atoms with Gasteiger partial charge in [-0.05, 0) is 18.6 Å². The number of carbonyl (C=O) groups excluding carboxylic acids is 2. The Labute approximate surface area is 137 Å². The van der Waals surface area contributed by atoms with Crippen LogP contribution in [0.15, 0.2) is 42.1 Å². The maximum atomic E-state index is 11.9. The number of rotatable bonds is 7. The van der Waals surface area contributed by atoms with E-state index in [4.69, 9.17) is 5.21 Å². The second-order valence-electron chi connectivity index (χ2n) is 4.67. The third kappa shape index (κ3) is 5.13. The van der Waals surface area contributed by atoms with Crippen LogP contribution in [-0.4, -0.2) is 51.3 Å². The SMILES string of the molecule is O=C(NCCCNC(=O)c1cnccn1)c1ccc(/C=N/O)nc1. The summed E-state index contributed by atoms with van der Waals surface area (Å²) in [5, 5.41) is 16.7. The number of nitrogens with zero attached hydrogens (tertiary/aromatic N) is 4. The number of oxime groups is 1. The molecule has 0 aliphatic rings. The molecule has 0 fully saturated rings. The van der Waals surface area contributed by atoms with Gasteiger partial charge in [-0.15, -0.1) is 0 Å². The average Bonchev–Trinajstić information content (AvgIpc) is 2.62. The van der Waals surface area contributed by atoms with Crippen molar-refractivity contribution in [3.8, 4) is 0 Å². The number of nitrogens with one attached hydrogen (secondary N) is 2. The first-order chi connectivity index (χ1) is 11.7. The Bertz CT molecular complexity index is 703. The first-order valence-corrected chi connectivity index (χ1v) is 7.16. The van der Waals surface area contributed by atoms with E-state index in [-0.39, 0.29) is 17.5 Å². The second kappa shape index (κ2) is 8.93. The zero-order valence-electron chi connectivity index (χ0n) is 12.7. The standard InChI is InChI=1S/C15H16N6O3/c22-14(11-2-3-12(9-21-24)20-8-11)18-4-1-5-19-15(23)13-10-16-6-7-17-13/h2-3,6-10,24H,1,4-5H2,(H,18,22)(H,19,23)/b21-9+. The molecule has 2 aromatic rings. The Morgan fingerprint density at radius 2 is 1.88 bits per heavy atom. The molecule has 9 nitrogen and oxygen atoms in total.